The fourth-order valence-electron chi connectivity index (χ4n) is 1.74. The molecule has 0 radical (unpaired) electrons. The van der Waals surface area contributed by atoms with Gasteiger partial charge in [-0.25, -0.2) is 4.79 Å². The summed E-state index contributed by atoms with van der Waals surface area (Å²) < 4.78 is 9.77. The van der Waals surface area contributed by atoms with Crippen LogP contribution in [0.25, 0.3) is 0 Å². The van der Waals surface area contributed by atoms with Crippen molar-refractivity contribution in [3.63, 3.8) is 0 Å². The van der Waals surface area contributed by atoms with Gasteiger partial charge in [0.2, 0.25) is 0 Å². The Bertz CT molecular complexity index is 440. The molecule has 96 valence electrons. The van der Waals surface area contributed by atoms with Gasteiger partial charge in [0.15, 0.2) is 23.0 Å². The summed E-state index contributed by atoms with van der Waals surface area (Å²) in [5, 5.41) is 0. The Morgan fingerprint density at radius 2 is 1.67 bits per heavy atom. The van der Waals surface area contributed by atoms with Gasteiger partial charge in [0.1, 0.15) is 0 Å². The third-order valence-corrected chi connectivity index (χ3v) is 3.14. The van der Waals surface area contributed by atoms with Gasteiger partial charge in [-0.3, -0.25) is 4.79 Å². The van der Waals surface area contributed by atoms with Crippen LogP contribution in [-0.2, 0) is 7.80 Å². The van der Waals surface area contributed by atoms with E-state index in [1.807, 2.05) is 0 Å². The molecule has 18 heavy (non-hydrogen) atoms. The van der Waals surface area contributed by atoms with Crippen LogP contribution in [0.3, 0.4) is 0 Å². The number of nitrogens with zero attached hydrogens (tertiary/aromatic N) is 1. The second-order valence-electron chi connectivity index (χ2n) is 3.85. The second-order valence-corrected chi connectivity index (χ2v) is 4.29. The number of hydrogen-bond donors (Lipinski definition) is 0. The molecule has 1 aliphatic rings. The zero-order valence-electron chi connectivity index (χ0n) is 9.60. The Morgan fingerprint density at radius 3 is 2.22 bits per heavy atom. The van der Waals surface area contributed by atoms with Gasteiger partial charge in [-0.2, -0.15) is 0 Å². The predicted octanol–water partition coefficient (Wildman–Crippen LogP) is 1.67. The molecule has 5 nitrogen and oxygen atoms in total. The van der Waals surface area contributed by atoms with Gasteiger partial charge in [0, 0.05) is 18.7 Å². The molecule has 6 heteroatoms. The van der Waals surface area contributed by atoms with Crippen molar-refractivity contribution in [3.05, 3.63) is 35.4 Å². The molecule has 1 aromatic rings. The Morgan fingerprint density at radius 1 is 1.11 bits per heavy atom. The zero-order valence-corrected chi connectivity index (χ0v) is 11.8. The average molecular weight is 361 g/mol. The number of amides is 1. The van der Waals surface area contributed by atoms with E-state index in [0.29, 0.717) is 37.4 Å². The number of carbonyl (C=O) groups is 2. The number of hydrogen-bond acceptors (Lipinski definition) is 4. The lowest BCUT2D eigenvalue weighted by Gasteiger charge is -2.26. The molecule has 1 fully saturated rings. The minimum atomic E-state index is -0.416. The van der Waals surface area contributed by atoms with E-state index in [0.717, 1.165) is 0 Å². The minimum absolute atomic E-state index is 0.0345. The summed E-state index contributed by atoms with van der Waals surface area (Å²) >= 11 is 1.54. The predicted molar refractivity (Wildman–Crippen MR) is 72.6 cm³/mol. The second kappa shape index (κ2) is 6.14. The highest BCUT2D eigenvalue weighted by atomic mass is 127. The maximum Gasteiger partial charge on any atom is 0.347 e. The number of benzene rings is 1. The van der Waals surface area contributed by atoms with Crippen LogP contribution >= 0.6 is 23.0 Å². The van der Waals surface area contributed by atoms with Crippen molar-refractivity contribution in [1.82, 2.24) is 4.90 Å². The summed E-state index contributed by atoms with van der Waals surface area (Å²) in [6.07, 6.45) is 0. The lowest BCUT2D eigenvalue weighted by Crippen LogP contribution is -2.40. The lowest BCUT2D eigenvalue weighted by atomic mass is 10.1. The largest absolute Gasteiger partial charge is 0.391 e. The quantitative estimate of drug-likeness (QED) is 0.752. The molecule has 0 unspecified atom stereocenters. The van der Waals surface area contributed by atoms with Gasteiger partial charge >= 0.3 is 5.97 Å². The third-order valence-electron chi connectivity index (χ3n) is 2.74. The summed E-state index contributed by atoms with van der Waals surface area (Å²) in [5.41, 5.74) is 1.00. The van der Waals surface area contributed by atoms with Crippen LogP contribution in [0.4, 0.5) is 0 Å². The molecular formula is C12H12INO4. The van der Waals surface area contributed by atoms with Crippen LogP contribution in [0, 0.1) is 0 Å². The normalized spacial score (nSPS) is 15.3. The van der Waals surface area contributed by atoms with E-state index in [4.69, 9.17) is 4.74 Å². The molecule has 0 aliphatic carbocycles. The SMILES string of the molecule is O=C(OI)c1ccc(C(=O)N2CCOCC2)cc1. The van der Waals surface area contributed by atoms with Crippen molar-refractivity contribution in [2.24, 2.45) is 0 Å². The maximum atomic E-state index is 12.1. The fourth-order valence-corrected chi connectivity index (χ4v) is 2.00. The Balaban J connectivity index is 2.08. The van der Waals surface area contributed by atoms with Gasteiger partial charge in [0.05, 0.1) is 18.8 Å². The highest BCUT2D eigenvalue weighted by Crippen LogP contribution is 2.11. The molecule has 0 N–H and O–H groups in total. The first-order valence-corrected chi connectivity index (χ1v) is 6.40. The molecule has 0 saturated carbocycles. The molecule has 0 atom stereocenters. The molecule has 1 saturated heterocycles. The first-order chi connectivity index (χ1) is 8.72. The summed E-state index contributed by atoms with van der Waals surface area (Å²) in [5.74, 6) is -0.450. The highest BCUT2D eigenvalue weighted by Gasteiger charge is 2.18. The van der Waals surface area contributed by atoms with Crippen LogP contribution in [0.15, 0.2) is 24.3 Å². The molecule has 0 bridgehead atoms. The van der Waals surface area contributed by atoms with Crippen LogP contribution in [-0.4, -0.2) is 43.1 Å². The first-order valence-electron chi connectivity index (χ1n) is 5.52. The molecule has 1 aromatic carbocycles. The summed E-state index contributed by atoms with van der Waals surface area (Å²) in [6, 6.07) is 6.46. The Kier molecular flexibility index (Phi) is 4.54. The average Bonchev–Trinajstić information content (AvgIpc) is 2.47. The van der Waals surface area contributed by atoms with Crippen LogP contribution in [0.5, 0.6) is 0 Å². The van der Waals surface area contributed by atoms with Gasteiger partial charge in [-0.05, 0) is 24.3 Å². The van der Waals surface area contributed by atoms with Gasteiger partial charge in [-0.1, -0.05) is 0 Å². The molecule has 0 spiro atoms. The standard InChI is InChI=1S/C12H12INO4/c13-18-12(16)10-3-1-9(2-4-10)11(15)14-5-7-17-8-6-14/h1-4H,5-8H2. The lowest BCUT2D eigenvalue weighted by molar-refractivity contribution is 0.0303. The van der Waals surface area contributed by atoms with Crippen LogP contribution in [0.2, 0.25) is 0 Å². The van der Waals surface area contributed by atoms with Crippen molar-refractivity contribution in [3.8, 4) is 0 Å². The molecular weight excluding hydrogens is 349 g/mol. The number of morpholine rings is 1. The topological polar surface area (TPSA) is 55.8 Å². The van der Waals surface area contributed by atoms with Gasteiger partial charge in [-0.15, -0.1) is 0 Å². The highest BCUT2D eigenvalue weighted by molar-refractivity contribution is 14.1. The third kappa shape index (κ3) is 2.99. The number of ether oxygens (including phenoxy) is 1. The van der Waals surface area contributed by atoms with Crippen LogP contribution < -0.4 is 0 Å². The molecule has 0 aromatic heterocycles. The summed E-state index contributed by atoms with van der Waals surface area (Å²) in [6.45, 7) is 2.36. The van der Waals surface area contributed by atoms with Gasteiger partial charge in [0.25, 0.3) is 5.91 Å². The number of rotatable bonds is 2. The number of halogens is 1. The Hall–Kier alpha value is -1.15. The number of carbonyl (C=O) groups excluding carboxylic acids is 2. The van der Waals surface area contributed by atoms with E-state index in [2.05, 4.69) is 3.07 Å². The Labute approximate surface area is 119 Å². The van der Waals surface area contributed by atoms with Gasteiger partial charge < -0.3 is 12.7 Å². The molecule has 1 aliphatic heterocycles. The van der Waals surface area contributed by atoms with E-state index in [1.165, 1.54) is 23.0 Å². The van der Waals surface area contributed by atoms with Crippen molar-refractivity contribution < 1.29 is 17.4 Å². The monoisotopic (exact) mass is 361 g/mol. The minimum Gasteiger partial charge on any atom is -0.391 e. The summed E-state index contributed by atoms with van der Waals surface area (Å²) in [4.78, 5) is 25.1. The van der Waals surface area contributed by atoms with E-state index in [-0.39, 0.29) is 5.91 Å². The van der Waals surface area contributed by atoms with Crippen molar-refractivity contribution in [2.75, 3.05) is 26.3 Å². The summed E-state index contributed by atoms with van der Waals surface area (Å²) in [7, 11) is 0. The zero-order chi connectivity index (χ0) is 13.0. The van der Waals surface area contributed by atoms with Crippen molar-refractivity contribution in [1.29, 1.82) is 0 Å². The van der Waals surface area contributed by atoms with E-state index < -0.39 is 5.97 Å². The first kappa shape index (κ1) is 13.3. The molecule has 1 heterocycles. The van der Waals surface area contributed by atoms with Crippen LogP contribution in [0.1, 0.15) is 20.7 Å². The fraction of sp³-hybridized carbons (Fsp3) is 0.333. The van der Waals surface area contributed by atoms with E-state index in [1.54, 1.807) is 29.2 Å². The molecule has 1 amide bonds. The van der Waals surface area contributed by atoms with Crippen molar-refractivity contribution >= 4 is 34.9 Å². The van der Waals surface area contributed by atoms with E-state index >= 15 is 0 Å². The molecule has 2 rings (SSSR count). The maximum absolute atomic E-state index is 12.1. The van der Waals surface area contributed by atoms with E-state index in [9.17, 15) is 9.59 Å². The smallest absolute Gasteiger partial charge is 0.347 e. The van der Waals surface area contributed by atoms with Crippen molar-refractivity contribution in [2.45, 2.75) is 0 Å².